The normalized spacial score (nSPS) is 43.1. The molecule has 0 radical (unpaired) electrons. The third-order valence-corrected chi connectivity index (χ3v) is 10.6. The molecule has 3 fully saturated rings. The zero-order valence-corrected chi connectivity index (χ0v) is 19.6. The van der Waals surface area contributed by atoms with Gasteiger partial charge in [-0.25, -0.2) is 0 Å². The van der Waals surface area contributed by atoms with Crippen LogP contribution in [0.2, 0.25) is 0 Å². The minimum atomic E-state index is -0.801. The molecule has 4 rings (SSSR count). The van der Waals surface area contributed by atoms with Crippen LogP contribution in [0.1, 0.15) is 79.1 Å². The van der Waals surface area contributed by atoms with Gasteiger partial charge < -0.3 is 5.11 Å². The summed E-state index contributed by atoms with van der Waals surface area (Å²) in [5.74, 6) is 2.77. The summed E-state index contributed by atoms with van der Waals surface area (Å²) in [4.78, 5) is 37.1. The molecule has 0 amide bonds. The Balaban J connectivity index is 1.64. The number of ketones is 2. The molecule has 1 N–H and O–H groups in total. The van der Waals surface area contributed by atoms with E-state index in [1.807, 2.05) is 0 Å². The maximum atomic E-state index is 12.8. The summed E-state index contributed by atoms with van der Waals surface area (Å²) in [6, 6.07) is 0. The number of carboxylic acid groups (broad SMARTS) is 1. The summed E-state index contributed by atoms with van der Waals surface area (Å²) < 4.78 is 0. The lowest BCUT2D eigenvalue weighted by atomic mass is 9.46. The molecule has 7 atom stereocenters. The highest BCUT2D eigenvalue weighted by molar-refractivity contribution is 8.04. The number of hydrogen-bond donors (Lipinski definition) is 1. The number of hydrogen-bond acceptors (Lipinski definition) is 4. The number of thioether (sulfide) groups is 1. The topological polar surface area (TPSA) is 71.4 Å². The van der Waals surface area contributed by atoms with Gasteiger partial charge in [0, 0.05) is 18.1 Å². The molecule has 166 valence electrons. The number of aliphatic carboxylic acids is 1. The van der Waals surface area contributed by atoms with E-state index in [9.17, 15) is 14.4 Å². The molecular weight excluding hydrogens is 396 g/mol. The number of fused-ring (bicyclic) bond motifs is 5. The van der Waals surface area contributed by atoms with Crippen molar-refractivity contribution in [3.05, 3.63) is 10.5 Å². The predicted molar refractivity (Wildman–Crippen MR) is 119 cm³/mol. The van der Waals surface area contributed by atoms with Gasteiger partial charge in [-0.2, -0.15) is 0 Å². The molecule has 0 aromatic heterocycles. The average molecular weight is 433 g/mol. The number of carbonyl (C=O) groups excluding carboxylic acids is 2. The van der Waals surface area contributed by atoms with Crippen molar-refractivity contribution < 1.29 is 19.5 Å². The Morgan fingerprint density at radius 1 is 1.13 bits per heavy atom. The van der Waals surface area contributed by atoms with Crippen LogP contribution in [-0.4, -0.2) is 28.4 Å². The smallest absolute Gasteiger partial charge is 0.304 e. The first kappa shape index (κ1) is 22.1. The fourth-order valence-electron chi connectivity index (χ4n) is 8.30. The molecule has 0 bridgehead atoms. The number of carboxylic acids is 1. The first-order chi connectivity index (χ1) is 14.1. The van der Waals surface area contributed by atoms with Crippen LogP contribution in [0, 0.1) is 40.4 Å². The Labute approximate surface area is 184 Å². The van der Waals surface area contributed by atoms with Gasteiger partial charge in [0.2, 0.25) is 0 Å². The molecule has 0 unspecified atom stereocenters. The Morgan fingerprint density at radius 3 is 2.53 bits per heavy atom. The lowest BCUT2D eigenvalue weighted by Gasteiger charge is -2.58. The van der Waals surface area contributed by atoms with Gasteiger partial charge >= 0.3 is 5.97 Å². The van der Waals surface area contributed by atoms with Crippen LogP contribution < -0.4 is 0 Å². The predicted octanol–water partition coefficient (Wildman–Crippen LogP) is 5.51. The molecule has 30 heavy (non-hydrogen) atoms. The molecule has 4 aliphatic rings. The second-order valence-electron chi connectivity index (χ2n) is 10.9. The fraction of sp³-hybridized carbons (Fsp3) is 0.800. The summed E-state index contributed by atoms with van der Waals surface area (Å²) in [7, 11) is 0. The molecule has 0 saturated heterocycles. The van der Waals surface area contributed by atoms with Crippen LogP contribution in [0.15, 0.2) is 10.5 Å². The monoisotopic (exact) mass is 432 g/mol. The van der Waals surface area contributed by atoms with Gasteiger partial charge in [-0.05, 0) is 85.5 Å². The molecule has 0 heterocycles. The van der Waals surface area contributed by atoms with Gasteiger partial charge in [-0.15, -0.1) is 11.8 Å². The van der Waals surface area contributed by atoms with Crippen molar-refractivity contribution in [1.82, 2.24) is 0 Å². The Hall–Kier alpha value is -1.10. The Morgan fingerprint density at radius 2 is 1.87 bits per heavy atom. The van der Waals surface area contributed by atoms with Gasteiger partial charge in [-0.3, -0.25) is 14.4 Å². The van der Waals surface area contributed by atoms with Crippen LogP contribution in [0.3, 0.4) is 0 Å². The van der Waals surface area contributed by atoms with Crippen molar-refractivity contribution in [3.8, 4) is 0 Å². The molecule has 0 aromatic carbocycles. The summed E-state index contributed by atoms with van der Waals surface area (Å²) in [6.07, 6.45) is 7.13. The SMILES string of the molecule is CC(=O)[C@H]1[C@H](C)C[C@@H]2[C@@H]3CCC4=C(SCCC(=O)O)C(=O)CC[C@]4(C)[C@H]3CC[C@@]21C. The van der Waals surface area contributed by atoms with Crippen molar-refractivity contribution in [2.45, 2.75) is 79.1 Å². The summed E-state index contributed by atoms with van der Waals surface area (Å²) >= 11 is 1.49. The van der Waals surface area contributed by atoms with Gasteiger partial charge in [-0.1, -0.05) is 20.8 Å². The molecule has 0 aliphatic heterocycles. The van der Waals surface area contributed by atoms with Crippen molar-refractivity contribution >= 4 is 29.3 Å². The second-order valence-corrected chi connectivity index (χ2v) is 12.0. The van der Waals surface area contributed by atoms with E-state index in [0.29, 0.717) is 41.6 Å². The van der Waals surface area contributed by atoms with Crippen molar-refractivity contribution in [3.63, 3.8) is 0 Å². The van der Waals surface area contributed by atoms with E-state index in [0.717, 1.165) is 43.4 Å². The third-order valence-electron chi connectivity index (χ3n) is 9.41. The minimum Gasteiger partial charge on any atom is -0.481 e. The molecule has 4 aliphatic carbocycles. The number of carbonyl (C=O) groups is 3. The molecule has 3 saturated carbocycles. The summed E-state index contributed by atoms with van der Waals surface area (Å²) in [6.45, 7) is 8.83. The highest BCUT2D eigenvalue weighted by Crippen LogP contribution is 2.68. The van der Waals surface area contributed by atoms with Crippen LogP contribution in [0.4, 0.5) is 0 Å². The fourth-order valence-corrected chi connectivity index (χ4v) is 9.56. The lowest BCUT2D eigenvalue weighted by Crippen LogP contribution is -2.51. The Kier molecular flexibility index (Phi) is 5.74. The Bertz CT molecular complexity index is 801. The highest BCUT2D eigenvalue weighted by atomic mass is 32.2. The lowest BCUT2D eigenvalue weighted by molar-refractivity contribution is -0.136. The van der Waals surface area contributed by atoms with Crippen LogP contribution in [-0.2, 0) is 14.4 Å². The molecular formula is C25H36O4S. The first-order valence-corrected chi connectivity index (χ1v) is 12.7. The van der Waals surface area contributed by atoms with E-state index in [2.05, 4.69) is 20.8 Å². The maximum Gasteiger partial charge on any atom is 0.304 e. The quantitative estimate of drug-likeness (QED) is 0.621. The van der Waals surface area contributed by atoms with E-state index in [1.165, 1.54) is 17.3 Å². The van der Waals surface area contributed by atoms with Crippen LogP contribution in [0.25, 0.3) is 0 Å². The van der Waals surface area contributed by atoms with Gasteiger partial charge in [0.25, 0.3) is 0 Å². The van der Waals surface area contributed by atoms with Crippen LogP contribution >= 0.6 is 11.8 Å². The highest BCUT2D eigenvalue weighted by Gasteiger charge is 2.61. The van der Waals surface area contributed by atoms with Gasteiger partial charge in [0.05, 0.1) is 11.3 Å². The number of allylic oxidation sites excluding steroid dienone is 1. The molecule has 0 spiro atoms. The molecule has 4 nitrogen and oxygen atoms in total. The number of Topliss-reactive ketones (excluding diaryl/α,β-unsaturated/α-hetero) is 2. The summed E-state index contributed by atoms with van der Waals surface area (Å²) in [5.41, 5.74) is 1.52. The van der Waals surface area contributed by atoms with E-state index in [4.69, 9.17) is 5.11 Å². The maximum absolute atomic E-state index is 12.8. The van der Waals surface area contributed by atoms with Crippen molar-refractivity contribution in [2.75, 3.05) is 5.75 Å². The van der Waals surface area contributed by atoms with Crippen LogP contribution in [0.5, 0.6) is 0 Å². The van der Waals surface area contributed by atoms with Crippen molar-refractivity contribution in [2.24, 2.45) is 40.4 Å². The van der Waals surface area contributed by atoms with E-state index >= 15 is 0 Å². The zero-order chi connectivity index (χ0) is 21.8. The number of rotatable bonds is 5. The zero-order valence-electron chi connectivity index (χ0n) is 18.8. The average Bonchev–Trinajstić information content (AvgIpc) is 2.94. The molecule has 0 aromatic rings. The van der Waals surface area contributed by atoms with E-state index in [1.54, 1.807) is 6.92 Å². The van der Waals surface area contributed by atoms with Gasteiger partial charge in [0.1, 0.15) is 5.78 Å². The van der Waals surface area contributed by atoms with Crippen molar-refractivity contribution in [1.29, 1.82) is 0 Å². The standard InChI is InChI=1S/C25H36O4S/c1-14-13-19-16-5-6-18-23(30-12-9-21(28)29)20(27)8-11-24(18,3)17(16)7-10-25(19,4)22(14)15(2)26/h14,16-17,19,22H,5-13H2,1-4H3,(H,28,29)/t14-,16-,17+,19-,22-,24-,25+/m1/s1. The second kappa shape index (κ2) is 7.79. The third kappa shape index (κ3) is 3.30. The van der Waals surface area contributed by atoms with E-state index < -0.39 is 5.97 Å². The molecule has 5 heteroatoms. The minimum absolute atomic E-state index is 0.0568. The van der Waals surface area contributed by atoms with Gasteiger partial charge in [0.15, 0.2) is 5.78 Å². The largest absolute Gasteiger partial charge is 0.481 e. The summed E-state index contributed by atoms with van der Waals surface area (Å²) in [5, 5.41) is 9.00. The first-order valence-electron chi connectivity index (χ1n) is 11.7. The van der Waals surface area contributed by atoms with E-state index in [-0.39, 0.29) is 29.0 Å².